The van der Waals surface area contributed by atoms with Crippen molar-refractivity contribution in [2.24, 2.45) is 0 Å². The van der Waals surface area contributed by atoms with Crippen LogP contribution in [0.3, 0.4) is 0 Å². The molecule has 1 fully saturated rings. The van der Waals surface area contributed by atoms with E-state index in [1.54, 1.807) is 25.1 Å². The van der Waals surface area contributed by atoms with Gasteiger partial charge in [-0.3, -0.25) is 0 Å². The molecule has 2 rings (SSSR count). The van der Waals surface area contributed by atoms with Crippen molar-refractivity contribution in [3.8, 4) is 5.75 Å². The van der Waals surface area contributed by atoms with E-state index in [9.17, 15) is 5.11 Å². The van der Waals surface area contributed by atoms with Crippen molar-refractivity contribution in [2.75, 3.05) is 13.2 Å². The Bertz CT molecular complexity index is 419. The van der Waals surface area contributed by atoms with Crippen LogP contribution >= 0.6 is 23.2 Å². The first kappa shape index (κ1) is 13.9. The third-order valence-corrected chi connectivity index (χ3v) is 3.61. The van der Waals surface area contributed by atoms with E-state index in [2.05, 4.69) is 5.32 Å². The Labute approximate surface area is 117 Å². The van der Waals surface area contributed by atoms with Gasteiger partial charge in [0.2, 0.25) is 0 Å². The normalized spacial score (nSPS) is 18.4. The minimum Gasteiger partial charge on any atom is -0.489 e. The average molecular weight is 290 g/mol. The molecule has 2 N–H and O–H groups in total. The zero-order valence-corrected chi connectivity index (χ0v) is 11.8. The highest BCUT2D eigenvalue weighted by atomic mass is 35.5. The van der Waals surface area contributed by atoms with Gasteiger partial charge >= 0.3 is 0 Å². The van der Waals surface area contributed by atoms with Crippen LogP contribution in [0.2, 0.25) is 10.0 Å². The lowest BCUT2D eigenvalue weighted by atomic mass is 10.1. The van der Waals surface area contributed by atoms with E-state index in [0.29, 0.717) is 28.4 Å². The number of hydrogen-bond donors (Lipinski definition) is 2. The molecule has 1 aliphatic carbocycles. The topological polar surface area (TPSA) is 41.5 Å². The van der Waals surface area contributed by atoms with Crippen molar-refractivity contribution in [3.05, 3.63) is 28.2 Å². The molecule has 1 aliphatic rings. The minimum atomic E-state index is -0.922. The molecule has 18 heavy (non-hydrogen) atoms. The van der Waals surface area contributed by atoms with Gasteiger partial charge in [-0.1, -0.05) is 29.3 Å². The highest BCUT2D eigenvalue weighted by molar-refractivity contribution is 6.42. The maximum atomic E-state index is 10.1. The number of rotatable bonds is 6. The van der Waals surface area contributed by atoms with Crippen molar-refractivity contribution in [1.82, 2.24) is 5.32 Å². The van der Waals surface area contributed by atoms with Crippen molar-refractivity contribution >= 4 is 23.2 Å². The molecule has 1 aromatic rings. The molecule has 5 heteroatoms. The predicted molar refractivity (Wildman–Crippen MR) is 73.6 cm³/mol. The first-order chi connectivity index (χ1) is 8.48. The van der Waals surface area contributed by atoms with Crippen molar-refractivity contribution in [3.63, 3.8) is 0 Å². The van der Waals surface area contributed by atoms with E-state index in [1.807, 2.05) is 0 Å². The van der Waals surface area contributed by atoms with Gasteiger partial charge in [0.25, 0.3) is 0 Å². The SMILES string of the molecule is CC(O)(CNC1CC1)COc1cccc(Cl)c1Cl. The van der Waals surface area contributed by atoms with E-state index in [-0.39, 0.29) is 6.61 Å². The van der Waals surface area contributed by atoms with E-state index < -0.39 is 5.60 Å². The zero-order chi connectivity index (χ0) is 13.2. The number of hydrogen-bond acceptors (Lipinski definition) is 3. The molecule has 0 aliphatic heterocycles. The molecule has 0 heterocycles. The molecule has 1 aromatic carbocycles. The van der Waals surface area contributed by atoms with Gasteiger partial charge in [-0.05, 0) is 31.9 Å². The van der Waals surface area contributed by atoms with Crippen LogP contribution in [-0.4, -0.2) is 29.9 Å². The molecule has 0 amide bonds. The average Bonchev–Trinajstić information content (AvgIpc) is 3.13. The number of halogens is 2. The van der Waals surface area contributed by atoms with Crippen molar-refractivity contribution in [2.45, 2.75) is 31.4 Å². The van der Waals surface area contributed by atoms with Gasteiger partial charge < -0.3 is 15.2 Å². The van der Waals surface area contributed by atoms with Crippen molar-refractivity contribution < 1.29 is 9.84 Å². The van der Waals surface area contributed by atoms with Gasteiger partial charge in [0, 0.05) is 12.6 Å². The fourth-order valence-electron chi connectivity index (χ4n) is 1.53. The zero-order valence-electron chi connectivity index (χ0n) is 10.2. The van der Waals surface area contributed by atoms with Gasteiger partial charge in [0.1, 0.15) is 23.0 Å². The molecule has 1 atom stereocenters. The molecule has 0 spiro atoms. The second-order valence-electron chi connectivity index (χ2n) is 4.99. The van der Waals surface area contributed by atoms with E-state index >= 15 is 0 Å². The van der Waals surface area contributed by atoms with Crippen LogP contribution in [0.5, 0.6) is 5.75 Å². The third kappa shape index (κ3) is 4.02. The standard InChI is InChI=1S/C13H17Cl2NO2/c1-13(17,7-16-9-5-6-9)8-18-11-4-2-3-10(14)12(11)15/h2-4,9,16-17H,5-8H2,1H3. The van der Waals surface area contributed by atoms with E-state index in [4.69, 9.17) is 27.9 Å². The molecular formula is C13H17Cl2NO2. The van der Waals surface area contributed by atoms with Crippen LogP contribution < -0.4 is 10.1 Å². The first-order valence-electron chi connectivity index (χ1n) is 6.00. The summed E-state index contributed by atoms with van der Waals surface area (Å²) in [6, 6.07) is 5.76. The Morgan fingerprint density at radius 1 is 1.44 bits per heavy atom. The quantitative estimate of drug-likeness (QED) is 0.846. The van der Waals surface area contributed by atoms with E-state index in [0.717, 1.165) is 0 Å². The van der Waals surface area contributed by atoms with Gasteiger partial charge in [-0.25, -0.2) is 0 Å². The fraction of sp³-hybridized carbons (Fsp3) is 0.538. The Balaban J connectivity index is 1.86. The van der Waals surface area contributed by atoms with Crippen LogP contribution in [0.25, 0.3) is 0 Å². The lowest BCUT2D eigenvalue weighted by molar-refractivity contribution is 0.0120. The van der Waals surface area contributed by atoms with Crippen LogP contribution in [0.15, 0.2) is 18.2 Å². The van der Waals surface area contributed by atoms with Gasteiger partial charge in [0.15, 0.2) is 0 Å². The second kappa shape index (κ2) is 5.66. The molecule has 0 bridgehead atoms. The lowest BCUT2D eigenvalue weighted by Gasteiger charge is -2.24. The highest BCUT2D eigenvalue weighted by Gasteiger charge is 2.27. The minimum absolute atomic E-state index is 0.173. The Morgan fingerprint density at radius 3 is 2.83 bits per heavy atom. The third-order valence-electron chi connectivity index (χ3n) is 2.80. The molecule has 3 nitrogen and oxygen atoms in total. The molecule has 1 saturated carbocycles. The highest BCUT2D eigenvalue weighted by Crippen LogP contribution is 2.31. The number of ether oxygens (including phenoxy) is 1. The molecule has 0 aromatic heterocycles. The van der Waals surface area contributed by atoms with Gasteiger partial charge in [0.05, 0.1) is 5.02 Å². The fourth-order valence-corrected chi connectivity index (χ4v) is 1.88. The molecule has 100 valence electrons. The largest absolute Gasteiger partial charge is 0.489 e. The second-order valence-corrected chi connectivity index (χ2v) is 5.78. The van der Waals surface area contributed by atoms with Crippen molar-refractivity contribution in [1.29, 1.82) is 0 Å². The summed E-state index contributed by atoms with van der Waals surface area (Å²) in [6.45, 7) is 2.42. The van der Waals surface area contributed by atoms with Gasteiger partial charge in [-0.2, -0.15) is 0 Å². The maximum absolute atomic E-state index is 10.1. The van der Waals surface area contributed by atoms with Crippen LogP contribution in [0, 0.1) is 0 Å². The van der Waals surface area contributed by atoms with Gasteiger partial charge in [-0.15, -0.1) is 0 Å². The number of benzene rings is 1. The smallest absolute Gasteiger partial charge is 0.139 e. The summed E-state index contributed by atoms with van der Waals surface area (Å²) >= 11 is 11.9. The lowest BCUT2D eigenvalue weighted by Crippen LogP contribution is -2.43. The summed E-state index contributed by atoms with van der Waals surface area (Å²) in [5.74, 6) is 0.496. The monoisotopic (exact) mass is 289 g/mol. The first-order valence-corrected chi connectivity index (χ1v) is 6.76. The summed E-state index contributed by atoms with van der Waals surface area (Å²) in [5, 5.41) is 14.2. The van der Waals surface area contributed by atoms with Crippen LogP contribution in [-0.2, 0) is 0 Å². The number of nitrogens with one attached hydrogen (secondary N) is 1. The molecule has 1 unspecified atom stereocenters. The molecule has 0 saturated heterocycles. The Morgan fingerprint density at radius 2 is 2.17 bits per heavy atom. The van der Waals surface area contributed by atoms with Crippen LogP contribution in [0.1, 0.15) is 19.8 Å². The summed E-state index contributed by atoms with van der Waals surface area (Å²) in [5.41, 5.74) is -0.922. The Hall–Kier alpha value is -0.480. The summed E-state index contributed by atoms with van der Waals surface area (Å²) < 4.78 is 5.53. The predicted octanol–water partition coefficient (Wildman–Crippen LogP) is 2.88. The molecule has 0 radical (unpaired) electrons. The maximum Gasteiger partial charge on any atom is 0.139 e. The number of aliphatic hydroxyl groups is 1. The van der Waals surface area contributed by atoms with Crippen LogP contribution in [0.4, 0.5) is 0 Å². The summed E-state index contributed by atoms with van der Waals surface area (Å²) in [6.07, 6.45) is 2.38. The molecular weight excluding hydrogens is 273 g/mol. The summed E-state index contributed by atoms with van der Waals surface area (Å²) in [4.78, 5) is 0. The van der Waals surface area contributed by atoms with E-state index in [1.165, 1.54) is 12.8 Å². The summed E-state index contributed by atoms with van der Waals surface area (Å²) in [7, 11) is 0. The Kier molecular flexibility index (Phi) is 4.38.